The summed E-state index contributed by atoms with van der Waals surface area (Å²) >= 11 is 0. The van der Waals surface area contributed by atoms with E-state index in [1.54, 1.807) is 0 Å². The van der Waals surface area contributed by atoms with Crippen molar-refractivity contribution in [3.8, 4) is 0 Å². The topological polar surface area (TPSA) is 42.1 Å². The summed E-state index contributed by atoms with van der Waals surface area (Å²) in [6, 6.07) is 4.26. The van der Waals surface area contributed by atoms with E-state index in [0.29, 0.717) is 0 Å². The van der Waals surface area contributed by atoms with Gasteiger partial charge in [-0.25, -0.2) is 0 Å². The first kappa shape index (κ1) is 18.7. The van der Waals surface area contributed by atoms with Crippen LogP contribution in [0.15, 0.2) is 12.1 Å². The molecule has 0 aliphatic rings. The lowest BCUT2D eigenvalue weighted by molar-refractivity contribution is 0.240. The van der Waals surface area contributed by atoms with E-state index >= 15 is 0 Å². The molecule has 0 bridgehead atoms. The molecule has 2 rings (SSSR count). The number of nitrogens with zero attached hydrogens (tertiary/aromatic N) is 6. The summed E-state index contributed by atoms with van der Waals surface area (Å²) in [7, 11) is 4.36. The van der Waals surface area contributed by atoms with Crippen molar-refractivity contribution in [2.75, 3.05) is 40.3 Å². The maximum absolute atomic E-state index is 4.52. The van der Waals surface area contributed by atoms with E-state index in [2.05, 4.69) is 69.4 Å². The zero-order valence-corrected chi connectivity index (χ0v) is 16.1. The second kappa shape index (κ2) is 8.44. The summed E-state index contributed by atoms with van der Waals surface area (Å²) in [5, 5.41) is 9.04. The smallest absolute Gasteiger partial charge is 0.0596 e. The summed E-state index contributed by atoms with van der Waals surface area (Å²) in [5.74, 6) is 0. The van der Waals surface area contributed by atoms with Crippen LogP contribution in [-0.4, -0.2) is 69.6 Å². The van der Waals surface area contributed by atoms with Crippen LogP contribution >= 0.6 is 0 Å². The van der Waals surface area contributed by atoms with Crippen LogP contribution in [0, 0.1) is 27.7 Å². The molecule has 0 radical (unpaired) electrons. The van der Waals surface area contributed by atoms with Crippen molar-refractivity contribution >= 4 is 0 Å². The summed E-state index contributed by atoms with van der Waals surface area (Å²) < 4.78 is 4.19. The lowest BCUT2D eigenvalue weighted by atomic mass is 10.4. The monoisotopic (exact) mass is 332 g/mol. The standard InChI is InChI=1S/C18H32N6/c1-15-13-17(3)23(19-15)11-9-21(5)7-8-22(6)10-12-24-18(4)14-16(2)20-24/h13-14H,7-12H2,1-6H3. The number of likely N-dealkylation sites (N-methyl/N-ethyl adjacent to an activating group) is 2. The fraction of sp³-hybridized carbons (Fsp3) is 0.667. The summed E-state index contributed by atoms with van der Waals surface area (Å²) in [6.45, 7) is 14.4. The third-order valence-electron chi connectivity index (χ3n) is 4.46. The second-order valence-corrected chi connectivity index (χ2v) is 6.91. The quantitative estimate of drug-likeness (QED) is 0.703. The molecule has 2 aromatic rings. The average molecular weight is 332 g/mol. The molecule has 2 heterocycles. The van der Waals surface area contributed by atoms with Crippen molar-refractivity contribution in [1.82, 2.24) is 29.4 Å². The molecule has 0 amide bonds. The van der Waals surface area contributed by atoms with Crippen molar-refractivity contribution in [1.29, 1.82) is 0 Å². The molecule has 0 saturated carbocycles. The number of hydrogen-bond donors (Lipinski definition) is 0. The second-order valence-electron chi connectivity index (χ2n) is 6.91. The van der Waals surface area contributed by atoms with E-state index in [1.807, 2.05) is 13.8 Å². The van der Waals surface area contributed by atoms with E-state index in [1.165, 1.54) is 11.4 Å². The molecule has 0 aliphatic carbocycles. The highest BCUT2D eigenvalue weighted by Crippen LogP contribution is 2.03. The van der Waals surface area contributed by atoms with Crippen molar-refractivity contribution in [3.05, 3.63) is 34.9 Å². The van der Waals surface area contributed by atoms with Crippen LogP contribution in [0.3, 0.4) is 0 Å². The van der Waals surface area contributed by atoms with E-state index < -0.39 is 0 Å². The van der Waals surface area contributed by atoms with Gasteiger partial charge in [0.15, 0.2) is 0 Å². The summed E-state index contributed by atoms with van der Waals surface area (Å²) in [6.07, 6.45) is 0. The van der Waals surface area contributed by atoms with Gasteiger partial charge in [-0.05, 0) is 53.9 Å². The van der Waals surface area contributed by atoms with Gasteiger partial charge in [0.25, 0.3) is 0 Å². The van der Waals surface area contributed by atoms with E-state index in [9.17, 15) is 0 Å². The molecule has 2 aromatic heterocycles. The highest BCUT2D eigenvalue weighted by Gasteiger charge is 2.06. The number of aromatic nitrogens is 4. The summed E-state index contributed by atoms with van der Waals surface area (Å²) in [5.41, 5.74) is 4.67. The minimum absolute atomic E-state index is 0.950. The Bertz CT molecular complexity index is 586. The lowest BCUT2D eigenvalue weighted by Gasteiger charge is -2.22. The predicted octanol–water partition coefficient (Wildman–Crippen LogP) is 1.88. The molecule has 6 heteroatoms. The molecule has 0 saturated heterocycles. The Balaban J connectivity index is 1.66. The van der Waals surface area contributed by atoms with Crippen molar-refractivity contribution in [2.45, 2.75) is 40.8 Å². The number of rotatable bonds is 9. The molecule has 0 aromatic carbocycles. The van der Waals surface area contributed by atoms with Crippen LogP contribution in [0.5, 0.6) is 0 Å². The zero-order valence-electron chi connectivity index (χ0n) is 16.1. The lowest BCUT2D eigenvalue weighted by Crippen LogP contribution is -2.34. The van der Waals surface area contributed by atoms with E-state index in [0.717, 1.165) is 50.7 Å². The third kappa shape index (κ3) is 5.46. The van der Waals surface area contributed by atoms with Gasteiger partial charge in [0, 0.05) is 37.6 Å². The molecule has 24 heavy (non-hydrogen) atoms. The van der Waals surface area contributed by atoms with Gasteiger partial charge in [0.2, 0.25) is 0 Å². The van der Waals surface area contributed by atoms with Crippen LogP contribution in [0.4, 0.5) is 0 Å². The van der Waals surface area contributed by atoms with Crippen molar-refractivity contribution in [3.63, 3.8) is 0 Å². The van der Waals surface area contributed by atoms with Crippen LogP contribution in [0.25, 0.3) is 0 Å². The Labute approximate surface area is 146 Å². The van der Waals surface area contributed by atoms with Gasteiger partial charge in [-0.2, -0.15) is 10.2 Å². The van der Waals surface area contributed by atoms with Gasteiger partial charge in [0.05, 0.1) is 24.5 Å². The van der Waals surface area contributed by atoms with Crippen LogP contribution in [0.2, 0.25) is 0 Å². The van der Waals surface area contributed by atoms with Gasteiger partial charge < -0.3 is 9.80 Å². The van der Waals surface area contributed by atoms with Crippen molar-refractivity contribution < 1.29 is 0 Å². The molecule has 6 nitrogen and oxygen atoms in total. The molecule has 0 atom stereocenters. The van der Waals surface area contributed by atoms with E-state index in [4.69, 9.17) is 0 Å². The maximum Gasteiger partial charge on any atom is 0.0596 e. The normalized spacial score (nSPS) is 11.8. The number of hydrogen-bond acceptors (Lipinski definition) is 4. The highest BCUT2D eigenvalue weighted by atomic mass is 15.3. The Morgan fingerprint density at radius 2 is 1.08 bits per heavy atom. The van der Waals surface area contributed by atoms with Gasteiger partial charge in [-0.1, -0.05) is 0 Å². The molecule has 0 fully saturated rings. The minimum atomic E-state index is 0.950. The summed E-state index contributed by atoms with van der Waals surface area (Å²) in [4.78, 5) is 4.74. The SMILES string of the molecule is Cc1cc(C)n(CCN(C)CCN(C)CCn2nc(C)cc2C)n1. The highest BCUT2D eigenvalue weighted by molar-refractivity contribution is 5.07. The van der Waals surface area contributed by atoms with Gasteiger partial charge in [0.1, 0.15) is 0 Å². The fourth-order valence-corrected chi connectivity index (χ4v) is 2.90. The Morgan fingerprint density at radius 3 is 1.38 bits per heavy atom. The maximum atomic E-state index is 4.52. The number of aryl methyl sites for hydroxylation is 4. The minimum Gasteiger partial charge on any atom is -0.303 e. The molecular weight excluding hydrogens is 300 g/mol. The van der Waals surface area contributed by atoms with Crippen LogP contribution in [0.1, 0.15) is 22.8 Å². The molecule has 134 valence electrons. The Morgan fingerprint density at radius 1 is 0.708 bits per heavy atom. The Kier molecular flexibility index (Phi) is 6.57. The molecule has 0 N–H and O–H groups in total. The van der Waals surface area contributed by atoms with Crippen LogP contribution < -0.4 is 0 Å². The first-order valence-electron chi connectivity index (χ1n) is 8.74. The zero-order chi connectivity index (χ0) is 17.7. The first-order chi connectivity index (χ1) is 11.3. The van der Waals surface area contributed by atoms with Crippen molar-refractivity contribution in [2.24, 2.45) is 0 Å². The Hall–Kier alpha value is -1.66. The first-order valence-corrected chi connectivity index (χ1v) is 8.74. The molecule has 0 spiro atoms. The predicted molar refractivity (Wildman–Crippen MR) is 98.4 cm³/mol. The molecule has 0 unspecified atom stereocenters. The van der Waals surface area contributed by atoms with Crippen LogP contribution in [-0.2, 0) is 13.1 Å². The van der Waals surface area contributed by atoms with E-state index in [-0.39, 0.29) is 0 Å². The largest absolute Gasteiger partial charge is 0.303 e. The van der Waals surface area contributed by atoms with Gasteiger partial charge >= 0.3 is 0 Å². The average Bonchev–Trinajstić information content (AvgIpc) is 3.01. The molecular formula is C18H32N6. The van der Waals surface area contributed by atoms with Gasteiger partial charge in [-0.15, -0.1) is 0 Å². The fourth-order valence-electron chi connectivity index (χ4n) is 2.90. The van der Waals surface area contributed by atoms with Gasteiger partial charge in [-0.3, -0.25) is 9.36 Å². The third-order valence-corrected chi connectivity index (χ3v) is 4.46. The molecule has 0 aliphatic heterocycles.